The molecule has 0 bridgehead atoms. The van der Waals surface area contributed by atoms with Crippen LogP contribution in [0.5, 0.6) is 0 Å². The Balaban J connectivity index is 1.66. The van der Waals surface area contributed by atoms with Crippen molar-refractivity contribution in [1.82, 2.24) is 5.16 Å². The summed E-state index contributed by atoms with van der Waals surface area (Å²) in [6.45, 7) is 0. The van der Waals surface area contributed by atoms with E-state index in [-0.39, 0.29) is 0 Å². The molecular weight excluding hydrogens is 318 g/mol. The summed E-state index contributed by atoms with van der Waals surface area (Å²) in [6, 6.07) is 19.0. The molecule has 0 aliphatic heterocycles. The molecule has 22 heavy (non-hydrogen) atoms. The molecule has 1 aromatic heterocycles. The number of rotatable bonds is 5. The van der Waals surface area contributed by atoms with Gasteiger partial charge in [0.15, 0.2) is 5.76 Å². The minimum Gasteiger partial charge on any atom is -0.356 e. The number of hydrogen-bond acceptors (Lipinski definition) is 3. The van der Waals surface area contributed by atoms with E-state index >= 15 is 0 Å². The lowest BCUT2D eigenvalue weighted by atomic mass is 10.2. The van der Waals surface area contributed by atoms with Crippen molar-refractivity contribution in [3.05, 3.63) is 76.9 Å². The maximum Gasteiger partial charge on any atom is 0.167 e. The number of nitrogens with zero attached hydrogens (tertiary/aromatic N) is 1. The molecule has 1 atom stereocenters. The van der Waals surface area contributed by atoms with Gasteiger partial charge in [-0.15, -0.1) is 0 Å². The summed E-state index contributed by atoms with van der Waals surface area (Å²) in [5.41, 5.74) is 2.61. The van der Waals surface area contributed by atoms with Crippen LogP contribution in [0, 0.1) is 0 Å². The highest BCUT2D eigenvalue weighted by Crippen LogP contribution is 2.21. The van der Waals surface area contributed by atoms with Gasteiger partial charge in [-0.1, -0.05) is 59.2 Å². The van der Waals surface area contributed by atoms with Gasteiger partial charge in [-0.05, 0) is 17.7 Å². The van der Waals surface area contributed by atoms with Gasteiger partial charge in [0.2, 0.25) is 0 Å². The lowest BCUT2D eigenvalue weighted by Gasteiger charge is -2.01. The average molecular weight is 332 g/mol. The Labute approximate surface area is 136 Å². The lowest BCUT2D eigenvalue weighted by molar-refractivity contribution is 0.426. The second kappa shape index (κ2) is 6.90. The highest BCUT2D eigenvalue weighted by atomic mass is 35.5. The first kappa shape index (κ1) is 15.0. The molecule has 5 heteroatoms. The molecule has 0 N–H and O–H groups in total. The van der Waals surface area contributed by atoms with Gasteiger partial charge in [0.25, 0.3) is 0 Å². The molecule has 0 aliphatic carbocycles. The predicted molar refractivity (Wildman–Crippen MR) is 88.9 cm³/mol. The van der Waals surface area contributed by atoms with E-state index in [0.717, 1.165) is 11.1 Å². The highest BCUT2D eigenvalue weighted by molar-refractivity contribution is 7.83. The largest absolute Gasteiger partial charge is 0.356 e. The Morgan fingerprint density at radius 3 is 2.59 bits per heavy atom. The molecule has 3 rings (SSSR count). The summed E-state index contributed by atoms with van der Waals surface area (Å²) in [4.78, 5) is 0. The van der Waals surface area contributed by atoms with Crippen molar-refractivity contribution in [2.45, 2.75) is 11.5 Å². The number of hydrogen-bond donors (Lipinski definition) is 0. The molecule has 0 saturated carbocycles. The van der Waals surface area contributed by atoms with Crippen LogP contribution < -0.4 is 0 Å². The van der Waals surface area contributed by atoms with Gasteiger partial charge in [-0.3, -0.25) is 4.21 Å². The van der Waals surface area contributed by atoms with Crippen LogP contribution in [0.25, 0.3) is 11.3 Å². The second-order valence-corrected chi connectivity index (χ2v) is 6.80. The molecule has 112 valence electrons. The first-order valence-corrected chi connectivity index (χ1v) is 8.68. The van der Waals surface area contributed by atoms with Crippen LogP contribution in [0.1, 0.15) is 11.3 Å². The van der Waals surface area contributed by atoms with Gasteiger partial charge in [-0.2, -0.15) is 0 Å². The van der Waals surface area contributed by atoms with Gasteiger partial charge < -0.3 is 4.52 Å². The fraction of sp³-hybridized carbons (Fsp3) is 0.118. The van der Waals surface area contributed by atoms with Crippen LogP contribution >= 0.6 is 11.6 Å². The quantitative estimate of drug-likeness (QED) is 0.694. The number of benzene rings is 2. The fourth-order valence-corrected chi connectivity index (χ4v) is 3.48. The minimum atomic E-state index is -1.05. The third kappa shape index (κ3) is 3.84. The normalized spacial score (nSPS) is 12.2. The predicted octanol–water partition coefficient (Wildman–Crippen LogP) is 4.44. The summed E-state index contributed by atoms with van der Waals surface area (Å²) < 4.78 is 17.5. The Bertz CT molecular complexity index is 786. The van der Waals surface area contributed by atoms with Crippen molar-refractivity contribution in [2.24, 2.45) is 0 Å². The average Bonchev–Trinajstić information content (AvgIpc) is 2.96. The summed E-state index contributed by atoms with van der Waals surface area (Å²) in [7, 11) is -1.05. The van der Waals surface area contributed by atoms with E-state index in [1.165, 1.54) is 0 Å². The summed E-state index contributed by atoms with van der Waals surface area (Å²) >= 11 is 5.93. The topological polar surface area (TPSA) is 43.1 Å². The van der Waals surface area contributed by atoms with Crippen molar-refractivity contribution in [1.29, 1.82) is 0 Å². The van der Waals surface area contributed by atoms with Crippen molar-refractivity contribution >= 4 is 22.4 Å². The summed E-state index contributed by atoms with van der Waals surface area (Å²) in [5, 5.41) is 4.65. The van der Waals surface area contributed by atoms with Gasteiger partial charge >= 0.3 is 0 Å². The van der Waals surface area contributed by atoms with E-state index < -0.39 is 10.8 Å². The van der Waals surface area contributed by atoms with Crippen molar-refractivity contribution in [3.63, 3.8) is 0 Å². The van der Waals surface area contributed by atoms with Crippen LogP contribution in [0.15, 0.2) is 65.2 Å². The second-order valence-electron chi connectivity index (χ2n) is 4.91. The molecule has 0 fully saturated rings. The standard InChI is InChI=1S/C17H14ClNO2S/c18-15-8-4-5-13(9-15)11-22(20)12-16-10-17(21-19-16)14-6-2-1-3-7-14/h1-10H,11-12H2. The van der Waals surface area contributed by atoms with Crippen molar-refractivity contribution in [2.75, 3.05) is 0 Å². The first-order valence-electron chi connectivity index (χ1n) is 6.81. The highest BCUT2D eigenvalue weighted by Gasteiger charge is 2.10. The molecule has 0 amide bonds. The minimum absolute atomic E-state index is 0.364. The van der Waals surface area contributed by atoms with Crippen molar-refractivity contribution in [3.8, 4) is 11.3 Å². The molecule has 0 aliphatic rings. The Hall–Kier alpha value is -1.91. The van der Waals surface area contributed by atoms with Crippen LogP contribution in [0.2, 0.25) is 5.02 Å². The van der Waals surface area contributed by atoms with E-state index in [4.69, 9.17) is 16.1 Å². The summed E-state index contributed by atoms with van der Waals surface area (Å²) in [6.07, 6.45) is 0. The Morgan fingerprint density at radius 1 is 1.00 bits per heavy atom. The number of aromatic nitrogens is 1. The van der Waals surface area contributed by atoms with Crippen molar-refractivity contribution < 1.29 is 8.73 Å². The zero-order valence-electron chi connectivity index (χ0n) is 11.7. The molecule has 0 radical (unpaired) electrons. The smallest absolute Gasteiger partial charge is 0.167 e. The van der Waals surface area contributed by atoms with E-state index in [2.05, 4.69) is 5.16 Å². The maximum absolute atomic E-state index is 12.2. The van der Waals surface area contributed by atoms with Gasteiger partial charge in [-0.25, -0.2) is 0 Å². The zero-order chi connectivity index (χ0) is 15.4. The van der Waals surface area contributed by atoms with Crippen LogP contribution in [-0.4, -0.2) is 9.37 Å². The molecular formula is C17H14ClNO2S. The third-order valence-electron chi connectivity index (χ3n) is 3.14. The fourth-order valence-electron chi connectivity index (χ4n) is 2.15. The zero-order valence-corrected chi connectivity index (χ0v) is 13.3. The Kier molecular flexibility index (Phi) is 4.71. The SMILES string of the molecule is O=S(Cc1cccc(Cl)c1)Cc1cc(-c2ccccc2)on1. The monoisotopic (exact) mass is 331 g/mol. The van der Waals surface area contributed by atoms with E-state index in [0.29, 0.717) is 28.0 Å². The molecule has 0 saturated heterocycles. The molecule has 1 unspecified atom stereocenters. The molecule has 2 aromatic carbocycles. The number of halogens is 1. The van der Waals surface area contributed by atoms with Gasteiger partial charge in [0, 0.05) is 33.2 Å². The van der Waals surface area contributed by atoms with Crippen LogP contribution in [0.4, 0.5) is 0 Å². The van der Waals surface area contributed by atoms with Crippen LogP contribution in [-0.2, 0) is 22.3 Å². The molecule has 3 aromatic rings. The lowest BCUT2D eigenvalue weighted by Crippen LogP contribution is -1.99. The summed E-state index contributed by atoms with van der Waals surface area (Å²) in [5.74, 6) is 1.51. The van der Waals surface area contributed by atoms with E-state index in [9.17, 15) is 4.21 Å². The first-order chi connectivity index (χ1) is 10.7. The van der Waals surface area contributed by atoms with Gasteiger partial charge in [0.1, 0.15) is 0 Å². The molecule has 3 nitrogen and oxygen atoms in total. The third-order valence-corrected chi connectivity index (χ3v) is 4.65. The van der Waals surface area contributed by atoms with E-state index in [1.807, 2.05) is 54.6 Å². The maximum atomic E-state index is 12.2. The Morgan fingerprint density at radius 2 is 1.82 bits per heavy atom. The molecule has 1 heterocycles. The van der Waals surface area contributed by atoms with Crippen LogP contribution in [0.3, 0.4) is 0 Å². The van der Waals surface area contributed by atoms with Gasteiger partial charge in [0.05, 0.1) is 11.4 Å². The van der Waals surface area contributed by atoms with E-state index in [1.54, 1.807) is 6.07 Å². The molecule has 0 spiro atoms.